The Morgan fingerprint density at radius 1 is 1.70 bits per heavy atom. The van der Waals surface area contributed by atoms with Gasteiger partial charge in [0.1, 0.15) is 6.10 Å². The average Bonchev–Trinajstić information content (AvgIpc) is 1.82. The molecule has 1 unspecified atom stereocenters. The predicted molar refractivity (Wildman–Crippen MR) is 40.6 cm³/mol. The first-order chi connectivity index (χ1) is 4.66. The number of esters is 1. The van der Waals surface area contributed by atoms with E-state index in [1.54, 1.807) is 25.2 Å². The second-order valence-corrected chi connectivity index (χ2v) is 1.94. The molecule has 0 saturated heterocycles. The maximum atomic E-state index is 10.3. The summed E-state index contributed by atoms with van der Waals surface area (Å²) in [5.74, 6) is -0.263. The quantitative estimate of drug-likeness (QED) is 0.440. The van der Waals surface area contributed by atoms with Crippen LogP contribution in [0.15, 0.2) is 24.8 Å². The number of hydrogen-bond donors (Lipinski definition) is 0. The zero-order chi connectivity index (χ0) is 7.98. The summed E-state index contributed by atoms with van der Waals surface area (Å²) in [5, 5.41) is 0. The zero-order valence-corrected chi connectivity index (χ0v) is 6.33. The first kappa shape index (κ1) is 8.95. The van der Waals surface area contributed by atoms with Gasteiger partial charge in [-0.05, 0) is 13.0 Å². The van der Waals surface area contributed by atoms with E-state index in [1.165, 1.54) is 6.92 Å². The molecule has 0 aromatic rings. The van der Waals surface area contributed by atoms with Crippen molar-refractivity contribution >= 4 is 5.97 Å². The number of ether oxygens (including phenoxy) is 1. The van der Waals surface area contributed by atoms with E-state index in [4.69, 9.17) is 4.74 Å². The molecule has 2 nitrogen and oxygen atoms in total. The molecule has 0 aromatic carbocycles. The number of rotatable bonds is 3. The van der Waals surface area contributed by atoms with Crippen molar-refractivity contribution in [3.63, 3.8) is 0 Å². The Labute approximate surface area is 61.2 Å². The normalized spacial score (nSPS) is 13.0. The van der Waals surface area contributed by atoms with Crippen molar-refractivity contribution in [1.82, 2.24) is 0 Å². The SMILES string of the molecule is C=CC=CC(C)OC(C)=O. The van der Waals surface area contributed by atoms with Gasteiger partial charge in [-0.15, -0.1) is 0 Å². The number of allylic oxidation sites excluding steroid dienone is 2. The Morgan fingerprint density at radius 2 is 2.30 bits per heavy atom. The van der Waals surface area contributed by atoms with Gasteiger partial charge in [0.05, 0.1) is 0 Å². The van der Waals surface area contributed by atoms with Gasteiger partial charge in [-0.2, -0.15) is 0 Å². The van der Waals surface area contributed by atoms with E-state index in [9.17, 15) is 4.79 Å². The first-order valence-electron chi connectivity index (χ1n) is 3.13. The van der Waals surface area contributed by atoms with Crippen molar-refractivity contribution < 1.29 is 9.53 Å². The standard InChI is InChI=1S/C8H12O2/c1-4-5-6-7(2)10-8(3)9/h4-7H,1H2,2-3H3. The van der Waals surface area contributed by atoms with E-state index in [0.29, 0.717) is 0 Å². The van der Waals surface area contributed by atoms with Crippen molar-refractivity contribution in [2.75, 3.05) is 0 Å². The smallest absolute Gasteiger partial charge is 0.303 e. The fourth-order valence-corrected chi connectivity index (χ4v) is 0.536. The zero-order valence-electron chi connectivity index (χ0n) is 6.33. The lowest BCUT2D eigenvalue weighted by atomic mass is 10.3. The molecule has 0 N–H and O–H groups in total. The van der Waals surface area contributed by atoms with Gasteiger partial charge in [0.25, 0.3) is 0 Å². The molecule has 56 valence electrons. The van der Waals surface area contributed by atoms with Crippen LogP contribution in [0.25, 0.3) is 0 Å². The Hall–Kier alpha value is -1.05. The van der Waals surface area contributed by atoms with Gasteiger partial charge in [-0.3, -0.25) is 4.79 Å². The van der Waals surface area contributed by atoms with Gasteiger partial charge in [-0.1, -0.05) is 18.7 Å². The molecule has 0 bridgehead atoms. The summed E-state index contributed by atoms with van der Waals surface area (Å²) in [4.78, 5) is 10.3. The van der Waals surface area contributed by atoms with E-state index >= 15 is 0 Å². The van der Waals surface area contributed by atoms with Gasteiger partial charge in [0.2, 0.25) is 0 Å². The minimum atomic E-state index is -0.263. The molecule has 0 heterocycles. The molecule has 0 saturated carbocycles. The van der Waals surface area contributed by atoms with E-state index in [1.807, 2.05) is 0 Å². The molecule has 0 spiro atoms. The van der Waals surface area contributed by atoms with Gasteiger partial charge in [0.15, 0.2) is 0 Å². The van der Waals surface area contributed by atoms with Gasteiger partial charge in [0, 0.05) is 6.92 Å². The van der Waals surface area contributed by atoms with E-state index in [2.05, 4.69) is 6.58 Å². The molecule has 0 radical (unpaired) electrons. The van der Waals surface area contributed by atoms with Crippen molar-refractivity contribution in [3.05, 3.63) is 24.8 Å². The van der Waals surface area contributed by atoms with Crippen LogP contribution in [0.3, 0.4) is 0 Å². The molecule has 0 aliphatic rings. The highest BCUT2D eigenvalue weighted by Crippen LogP contribution is 1.92. The van der Waals surface area contributed by atoms with Crippen molar-refractivity contribution in [2.45, 2.75) is 20.0 Å². The van der Waals surface area contributed by atoms with Crippen LogP contribution in [-0.4, -0.2) is 12.1 Å². The lowest BCUT2D eigenvalue weighted by molar-refractivity contribution is -0.143. The van der Waals surface area contributed by atoms with Crippen molar-refractivity contribution in [1.29, 1.82) is 0 Å². The summed E-state index contributed by atoms with van der Waals surface area (Å²) in [6.07, 6.45) is 4.98. The average molecular weight is 140 g/mol. The lowest BCUT2D eigenvalue weighted by Crippen LogP contribution is -2.08. The summed E-state index contributed by atoms with van der Waals surface area (Å²) in [6.45, 7) is 6.66. The highest BCUT2D eigenvalue weighted by molar-refractivity contribution is 5.66. The van der Waals surface area contributed by atoms with Crippen LogP contribution < -0.4 is 0 Å². The van der Waals surface area contributed by atoms with E-state index < -0.39 is 0 Å². The van der Waals surface area contributed by atoms with Crippen LogP contribution in [-0.2, 0) is 9.53 Å². The monoisotopic (exact) mass is 140 g/mol. The van der Waals surface area contributed by atoms with Crippen LogP contribution in [0.4, 0.5) is 0 Å². The number of carbonyl (C=O) groups is 1. The van der Waals surface area contributed by atoms with E-state index in [0.717, 1.165) is 0 Å². The number of hydrogen-bond acceptors (Lipinski definition) is 2. The van der Waals surface area contributed by atoms with Gasteiger partial charge >= 0.3 is 5.97 Å². The van der Waals surface area contributed by atoms with Gasteiger partial charge < -0.3 is 4.74 Å². The van der Waals surface area contributed by atoms with Crippen LogP contribution in [0.1, 0.15) is 13.8 Å². The molecule has 2 heteroatoms. The Bertz CT molecular complexity index is 147. The molecular formula is C8H12O2. The fourth-order valence-electron chi connectivity index (χ4n) is 0.536. The summed E-state index contributed by atoms with van der Waals surface area (Å²) in [5.41, 5.74) is 0. The molecule has 0 fully saturated rings. The predicted octanol–water partition coefficient (Wildman–Crippen LogP) is 1.68. The Balaban J connectivity index is 3.62. The Kier molecular flexibility index (Phi) is 4.29. The van der Waals surface area contributed by atoms with Crippen LogP contribution in [0.2, 0.25) is 0 Å². The highest BCUT2D eigenvalue weighted by atomic mass is 16.5. The van der Waals surface area contributed by atoms with Crippen LogP contribution in [0, 0.1) is 0 Å². The summed E-state index contributed by atoms with van der Waals surface area (Å²) >= 11 is 0. The molecule has 10 heavy (non-hydrogen) atoms. The van der Waals surface area contributed by atoms with Crippen LogP contribution in [0.5, 0.6) is 0 Å². The molecule has 0 aliphatic carbocycles. The summed E-state index contributed by atoms with van der Waals surface area (Å²) < 4.78 is 4.78. The minimum absolute atomic E-state index is 0.157. The molecular weight excluding hydrogens is 128 g/mol. The second-order valence-electron chi connectivity index (χ2n) is 1.94. The largest absolute Gasteiger partial charge is 0.459 e. The molecule has 0 rings (SSSR count). The highest BCUT2D eigenvalue weighted by Gasteiger charge is 1.97. The molecule has 0 aromatic heterocycles. The van der Waals surface area contributed by atoms with Crippen LogP contribution >= 0.6 is 0 Å². The maximum Gasteiger partial charge on any atom is 0.303 e. The fraction of sp³-hybridized carbons (Fsp3) is 0.375. The second kappa shape index (κ2) is 4.79. The molecule has 0 amide bonds. The maximum absolute atomic E-state index is 10.3. The third kappa shape index (κ3) is 5.09. The number of carbonyl (C=O) groups excluding carboxylic acids is 1. The van der Waals surface area contributed by atoms with Crippen molar-refractivity contribution in [3.8, 4) is 0 Å². The minimum Gasteiger partial charge on any atom is -0.459 e. The van der Waals surface area contributed by atoms with E-state index in [-0.39, 0.29) is 12.1 Å². The summed E-state index contributed by atoms with van der Waals surface area (Å²) in [6, 6.07) is 0. The third-order valence-corrected chi connectivity index (χ3v) is 0.870. The third-order valence-electron chi connectivity index (χ3n) is 0.870. The topological polar surface area (TPSA) is 26.3 Å². The summed E-state index contributed by atoms with van der Waals surface area (Å²) in [7, 11) is 0. The Morgan fingerprint density at radius 3 is 2.70 bits per heavy atom. The molecule has 1 atom stereocenters. The molecule has 0 aliphatic heterocycles. The first-order valence-corrected chi connectivity index (χ1v) is 3.13. The lowest BCUT2D eigenvalue weighted by Gasteiger charge is -2.04. The van der Waals surface area contributed by atoms with Gasteiger partial charge in [-0.25, -0.2) is 0 Å². The van der Waals surface area contributed by atoms with Crippen molar-refractivity contribution in [2.24, 2.45) is 0 Å².